The van der Waals surface area contributed by atoms with Gasteiger partial charge in [-0.1, -0.05) is 106 Å². The number of phosphoric acid groups is 1. The molecular formula is C31H58NO9PS2. The Morgan fingerprint density at radius 3 is 2.07 bits per heavy atom. The Balaban J connectivity index is 2.37. The van der Waals surface area contributed by atoms with Crippen LogP contribution >= 0.6 is 29.4 Å². The molecule has 1 saturated heterocycles. The van der Waals surface area contributed by atoms with E-state index in [2.05, 4.69) is 19.2 Å². The van der Waals surface area contributed by atoms with Crippen molar-refractivity contribution in [3.8, 4) is 0 Å². The minimum Gasteiger partial charge on any atom is -0.462 e. The second-order valence-corrected chi connectivity index (χ2v) is 15.6. The first-order valence-corrected chi connectivity index (χ1v) is 20.7. The van der Waals surface area contributed by atoms with E-state index in [0.717, 1.165) is 77.0 Å². The fourth-order valence-corrected chi connectivity index (χ4v) is 8.37. The lowest BCUT2D eigenvalue weighted by atomic mass is 10.1. The number of phosphoric ester groups is 1. The van der Waals surface area contributed by atoms with Crippen molar-refractivity contribution >= 4 is 47.3 Å². The van der Waals surface area contributed by atoms with Crippen LogP contribution in [0, 0.1) is 0 Å². The molecule has 0 aliphatic carbocycles. The van der Waals surface area contributed by atoms with Gasteiger partial charge in [-0.2, -0.15) is 0 Å². The van der Waals surface area contributed by atoms with Gasteiger partial charge in [0.05, 0.1) is 13.2 Å². The van der Waals surface area contributed by atoms with Gasteiger partial charge < -0.3 is 19.7 Å². The Labute approximate surface area is 273 Å². The van der Waals surface area contributed by atoms with Gasteiger partial charge in [-0.3, -0.25) is 23.4 Å². The number of esters is 2. The summed E-state index contributed by atoms with van der Waals surface area (Å²) in [6, 6.07) is 0. The van der Waals surface area contributed by atoms with Gasteiger partial charge in [-0.25, -0.2) is 4.57 Å². The lowest BCUT2D eigenvalue weighted by Crippen LogP contribution is -2.30. The molecule has 0 spiro atoms. The molecule has 2 N–H and O–H groups in total. The number of carbonyl (C=O) groups excluding carboxylic acids is 3. The Morgan fingerprint density at radius 1 is 0.818 bits per heavy atom. The number of amides is 1. The molecule has 1 amide bonds. The second-order valence-electron chi connectivity index (χ2n) is 11.4. The summed E-state index contributed by atoms with van der Waals surface area (Å²) in [4.78, 5) is 46.8. The SMILES string of the molecule is CCCCCCCCC(=O)OCC(COP(=O)(O)OCCNC(=O)CCCCC1CCSS1)OC(=O)CCCCCCCC. The Hall–Kier alpha value is -0.780. The number of carbonyl (C=O) groups is 3. The summed E-state index contributed by atoms with van der Waals surface area (Å²) in [5.41, 5.74) is 0. The van der Waals surface area contributed by atoms with Crippen molar-refractivity contribution in [1.82, 2.24) is 5.32 Å². The van der Waals surface area contributed by atoms with Crippen LogP contribution in [0.1, 0.15) is 136 Å². The highest BCUT2D eigenvalue weighted by atomic mass is 33.1. The minimum atomic E-state index is -4.49. The molecule has 10 nitrogen and oxygen atoms in total. The predicted octanol–water partition coefficient (Wildman–Crippen LogP) is 7.91. The van der Waals surface area contributed by atoms with E-state index in [-0.39, 0.29) is 38.5 Å². The molecule has 1 aliphatic heterocycles. The number of hydrogen-bond acceptors (Lipinski definition) is 10. The predicted molar refractivity (Wildman–Crippen MR) is 178 cm³/mol. The van der Waals surface area contributed by atoms with E-state index in [1.54, 1.807) is 0 Å². The van der Waals surface area contributed by atoms with Crippen LogP contribution in [0.4, 0.5) is 0 Å². The zero-order valence-corrected chi connectivity index (χ0v) is 29.6. The van der Waals surface area contributed by atoms with Gasteiger partial charge in [0.15, 0.2) is 6.10 Å². The maximum Gasteiger partial charge on any atom is 0.472 e. The zero-order valence-electron chi connectivity index (χ0n) is 27.1. The average molecular weight is 684 g/mol. The van der Waals surface area contributed by atoms with E-state index in [0.29, 0.717) is 18.1 Å². The molecule has 3 unspecified atom stereocenters. The van der Waals surface area contributed by atoms with Crippen LogP contribution in [0.5, 0.6) is 0 Å². The molecule has 1 aliphatic rings. The van der Waals surface area contributed by atoms with Crippen molar-refractivity contribution < 1.29 is 42.4 Å². The molecule has 1 rings (SSSR count). The van der Waals surface area contributed by atoms with E-state index in [4.69, 9.17) is 18.5 Å². The van der Waals surface area contributed by atoms with Crippen LogP contribution in [0.2, 0.25) is 0 Å². The smallest absolute Gasteiger partial charge is 0.462 e. The third kappa shape index (κ3) is 24.5. The van der Waals surface area contributed by atoms with Gasteiger partial charge in [-0.15, -0.1) is 0 Å². The first-order chi connectivity index (χ1) is 21.3. The molecule has 0 aromatic rings. The van der Waals surface area contributed by atoms with E-state index in [1.807, 2.05) is 21.6 Å². The van der Waals surface area contributed by atoms with Crippen LogP contribution in [-0.2, 0) is 37.5 Å². The summed E-state index contributed by atoms with van der Waals surface area (Å²) in [5, 5.41) is 3.38. The number of nitrogens with one attached hydrogen (secondary N) is 1. The van der Waals surface area contributed by atoms with Crippen LogP contribution in [0.15, 0.2) is 0 Å². The third-order valence-electron chi connectivity index (χ3n) is 7.21. The van der Waals surface area contributed by atoms with Gasteiger partial charge in [0, 0.05) is 36.8 Å². The van der Waals surface area contributed by atoms with Gasteiger partial charge in [0.25, 0.3) is 0 Å². The standard InChI is InChI=1S/C31H58NO9PS2/c1-3-5-7-9-11-13-19-30(34)38-25-27(41-31(35)20-14-12-10-8-6-4-2)26-40-42(36,37)39-23-22-32-29(33)18-16-15-17-28-21-24-43-44-28/h27-28H,3-26H2,1-2H3,(H,32,33)(H,36,37). The molecular weight excluding hydrogens is 625 g/mol. The summed E-state index contributed by atoms with van der Waals surface area (Å²) < 4.78 is 33.2. The van der Waals surface area contributed by atoms with Crippen molar-refractivity contribution in [2.75, 3.05) is 32.1 Å². The van der Waals surface area contributed by atoms with Crippen molar-refractivity contribution in [3.05, 3.63) is 0 Å². The highest BCUT2D eigenvalue weighted by Gasteiger charge is 2.26. The Bertz CT molecular complexity index is 815. The first-order valence-electron chi connectivity index (χ1n) is 16.8. The summed E-state index contributed by atoms with van der Waals surface area (Å²) >= 11 is 0. The monoisotopic (exact) mass is 683 g/mol. The van der Waals surface area contributed by atoms with Crippen molar-refractivity contribution in [2.45, 2.75) is 147 Å². The zero-order chi connectivity index (χ0) is 32.3. The highest BCUT2D eigenvalue weighted by Crippen LogP contribution is 2.43. The summed E-state index contributed by atoms with van der Waals surface area (Å²) in [6.45, 7) is 3.40. The van der Waals surface area contributed by atoms with Gasteiger partial charge in [0.2, 0.25) is 5.91 Å². The fourth-order valence-electron chi connectivity index (χ4n) is 4.59. The summed E-state index contributed by atoms with van der Waals surface area (Å²) in [6.07, 6.45) is 16.3. The number of ether oxygens (including phenoxy) is 2. The van der Waals surface area contributed by atoms with Gasteiger partial charge in [-0.05, 0) is 32.1 Å². The fraction of sp³-hybridized carbons (Fsp3) is 0.903. The lowest BCUT2D eigenvalue weighted by Gasteiger charge is -2.20. The van der Waals surface area contributed by atoms with E-state index in [9.17, 15) is 23.8 Å². The molecule has 0 aromatic heterocycles. The molecule has 44 heavy (non-hydrogen) atoms. The van der Waals surface area contributed by atoms with E-state index in [1.165, 1.54) is 25.0 Å². The van der Waals surface area contributed by atoms with Crippen LogP contribution < -0.4 is 5.32 Å². The molecule has 13 heteroatoms. The van der Waals surface area contributed by atoms with Crippen molar-refractivity contribution in [1.29, 1.82) is 0 Å². The maximum absolute atomic E-state index is 12.4. The maximum atomic E-state index is 12.4. The molecule has 1 heterocycles. The van der Waals surface area contributed by atoms with Crippen molar-refractivity contribution in [3.63, 3.8) is 0 Å². The first kappa shape index (κ1) is 41.2. The number of hydrogen-bond donors (Lipinski definition) is 2. The Kier molecular flexibility index (Phi) is 25.6. The molecule has 1 fully saturated rings. The molecule has 258 valence electrons. The molecule has 0 bridgehead atoms. The number of unbranched alkanes of at least 4 members (excludes halogenated alkanes) is 11. The van der Waals surface area contributed by atoms with Crippen LogP contribution in [-0.4, -0.2) is 66.2 Å². The van der Waals surface area contributed by atoms with E-state index < -0.39 is 32.5 Å². The summed E-state index contributed by atoms with van der Waals surface area (Å²) in [5.74, 6) is 0.189. The van der Waals surface area contributed by atoms with E-state index >= 15 is 0 Å². The second kappa shape index (κ2) is 27.3. The molecule has 0 aromatic carbocycles. The largest absolute Gasteiger partial charge is 0.472 e. The Morgan fingerprint density at radius 2 is 1.43 bits per heavy atom. The van der Waals surface area contributed by atoms with Gasteiger partial charge in [0.1, 0.15) is 6.61 Å². The molecule has 3 atom stereocenters. The lowest BCUT2D eigenvalue weighted by molar-refractivity contribution is -0.161. The number of rotatable bonds is 29. The average Bonchev–Trinajstić information content (AvgIpc) is 3.52. The van der Waals surface area contributed by atoms with Crippen LogP contribution in [0.25, 0.3) is 0 Å². The molecule has 0 saturated carbocycles. The topological polar surface area (TPSA) is 137 Å². The highest BCUT2D eigenvalue weighted by molar-refractivity contribution is 8.77. The normalized spacial score (nSPS) is 16.8. The van der Waals surface area contributed by atoms with Crippen LogP contribution in [0.3, 0.4) is 0 Å². The van der Waals surface area contributed by atoms with Gasteiger partial charge >= 0.3 is 19.8 Å². The summed E-state index contributed by atoms with van der Waals surface area (Å²) in [7, 11) is -0.646. The van der Waals surface area contributed by atoms with Crippen molar-refractivity contribution in [2.24, 2.45) is 0 Å². The minimum absolute atomic E-state index is 0.0641. The third-order valence-corrected chi connectivity index (χ3v) is 11.2. The molecule has 0 radical (unpaired) electrons. The quantitative estimate of drug-likeness (QED) is 0.0344.